The van der Waals surface area contributed by atoms with Crippen molar-refractivity contribution in [3.05, 3.63) is 47.8 Å². The molecule has 0 saturated heterocycles. The van der Waals surface area contributed by atoms with Gasteiger partial charge >= 0.3 is 0 Å². The van der Waals surface area contributed by atoms with Gasteiger partial charge in [0.2, 0.25) is 0 Å². The first-order chi connectivity index (χ1) is 7.75. The minimum Gasteiger partial charge on any atom is -0.298 e. The van der Waals surface area contributed by atoms with Crippen molar-refractivity contribution in [3.63, 3.8) is 0 Å². The Morgan fingerprint density at radius 1 is 1.31 bits per heavy atom. The van der Waals surface area contributed by atoms with Gasteiger partial charge in [0.25, 0.3) is 5.91 Å². The summed E-state index contributed by atoms with van der Waals surface area (Å²) in [5.41, 5.74) is 7.41. The Labute approximate surface area is 92.8 Å². The molecule has 1 amide bonds. The molecule has 0 spiro atoms. The van der Waals surface area contributed by atoms with Crippen LogP contribution in [0.3, 0.4) is 0 Å². The van der Waals surface area contributed by atoms with Gasteiger partial charge in [0.05, 0.1) is 11.4 Å². The van der Waals surface area contributed by atoms with E-state index in [2.05, 4.69) is 21.0 Å². The number of benzene rings is 1. The number of para-hydroxylation sites is 1. The number of aromatic nitrogens is 2. The standard InChI is InChI=1S/C11H12N4O/c1-8-7-10(14-12-8)11(16)15-13-9-5-3-2-4-6-9/h2-7,13H,1H3,(H,12,14)(H,15,16). The molecule has 0 saturated carbocycles. The number of nitrogens with zero attached hydrogens (tertiary/aromatic N) is 1. The highest BCUT2D eigenvalue weighted by Gasteiger charge is 2.06. The molecular formula is C11H12N4O. The van der Waals surface area contributed by atoms with E-state index < -0.39 is 0 Å². The average molecular weight is 216 g/mol. The molecule has 1 aromatic heterocycles. The molecule has 2 aromatic rings. The molecule has 0 bridgehead atoms. The molecule has 1 heterocycles. The Morgan fingerprint density at radius 2 is 2.06 bits per heavy atom. The number of rotatable bonds is 3. The maximum Gasteiger partial charge on any atom is 0.287 e. The van der Waals surface area contributed by atoms with Crippen LogP contribution in [0.4, 0.5) is 5.69 Å². The molecule has 0 fully saturated rings. The summed E-state index contributed by atoms with van der Waals surface area (Å²) in [7, 11) is 0. The van der Waals surface area contributed by atoms with Crippen LogP contribution >= 0.6 is 0 Å². The van der Waals surface area contributed by atoms with E-state index in [1.54, 1.807) is 6.07 Å². The van der Waals surface area contributed by atoms with Crippen LogP contribution in [0.5, 0.6) is 0 Å². The van der Waals surface area contributed by atoms with Gasteiger partial charge in [-0.3, -0.25) is 20.7 Å². The monoisotopic (exact) mass is 216 g/mol. The summed E-state index contributed by atoms with van der Waals surface area (Å²) in [6, 6.07) is 11.1. The van der Waals surface area contributed by atoms with Crippen LogP contribution in [0.1, 0.15) is 16.2 Å². The van der Waals surface area contributed by atoms with Gasteiger partial charge in [-0.05, 0) is 25.1 Å². The number of anilines is 1. The van der Waals surface area contributed by atoms with Crippen LogP contribution in [0.2, 0.25) is 0 Å². The molecule has 82 valence electrons. The van der Waals surface area contributed by atoms with Crippen LogP contribution in [0, 0.1) is 6.92 Å². The van der Waals surface area contributed by atoms with E-state index in [0.717, 1.165) is 11.4 Å². The zero-order valence-corrected chi connectivity index (χ0v) is 8.82. The molecule has 0 unspecified atom stereocenters. The van der Waals surface area contributed by atoms with Gasteiger partial charge in [-0.2, -0.15) is 5.10 Å². The molecule has 16 heavy (non-hydrogen) atoms. The van der Waals surface area contributed by atoms with Gasteiger partial charge in [-0.15, -0.1) is 0 Å². The molecule has 5 heteroatoms. The van der Waals surface area contributed by atoms with Crippen molar-refractivity contribution in [2.24, 2.45) is 0 Å². The lowest BCUT2D eigenvalue weighted by atomic mass is 10.3. The highest BCUT2D eigenvalue weighted by atomic mass is 16.2. The molecule has 2 rings (SSSR count). The average Bonchev–Trinajstić information content (AvgIpc) is 2.74. The first-order valence-corrected chi connectivity index (χ1v) is 4.89. The smallest absolute Gasteiger partial charge is 0.287 e. The van der Waals surface area contributed by atoms with Gasteiger partial charge in [-0.25, -0.2) is 0 Å². The SMILES string of the molecule is Cc1cc(C(=O)NNc2ccccc2)[nH]n1. The summed E-state index contributed by atoms with van der Waals surface area (Å²) < 4.78 is 0. The maximum absolute atomic E-state index is 11.6. The van der Waals surface area contributed by atoms with Crippen LogP contribution in [-0.4, -0.2) is 16.1 Å². The minimum absolute atomic E-state index is 0.246. The minimum atomic E-state index is -0.246. The number of carbonyl (C=O) groups is 1. The fourth-order valence-electron chi connectivity index (χ4n) is 1.26. The van der Waals surface area contributed by atoms with Crippen molar-refractivity contribution in [1.82, 2.24) is 15.6 Å². The second kappa shape index (κ2) is 4.48. The second-order valence-electron chi connectivity index (χ2n) is 3.37. The molecule has 1 aromatic carbocycles. The number of H-pyrrole nitrogens is 1. The first kappa shape index (κ1) is 10.2. The lowest BCUT2D eigenvalue weighted by molar-refractivity contribution is 0.0957. The second-order valence-corrected chi connectivity index (χ2v) is 3.37. The number of hydrogen-bond donors (Lipinski definition) is 3. The van der Waals surface area contributed by atoms with Gasteiger partial charge in [-0.1, -0.05) is 18.2 Å². The van der Waals surface area contributed by atoms with Gasteiger partial charge in [0, 0.05) is 0 Å². The fraction of sp³-hybridized carbons (Fsp3) is 0.0909. The highest BCUT2D eigenvalue weighted by molar-refractivity contribution is 5.93. The number of nitrogens with one attached hydrogen (secondary N) is 3. The van der Waals surface area contributed by atoms with E-state index in [-0.39, 0.29) is 5.91 Å². The third-order valence-electron chi connectivity index (χ3n) is 2.04. The Balaban J connectivity index is 1.94. The van der Waals surface area contributed by atoms with E-state index in [9.17, 15) is 4.79 Å². The normalized spacial score (nSPS) is 9.81. The van der Waals surface area contributed by atoms with Crippen molar-refractivity contribution in [3.8, 4) is 0 Å². The van der Waals surface area contributed by atoms with Crippen LogP contribution in [0.15, 0.2) is 36.4 Å². The largest absolute Gasteiger partial charge is 0.298 e. The van der Waals surface area contributed by atoms with Crippen LogP contribution < -0.4 is 10.9 Å². The van der Waals surface area contributed by atoms with Crippen LogP contribution in [-0.2, 0) is 0 Å². The summed E-state index contributed by atoms with van der Waals surface area (Å²) in [6.07, 6.45) is 0. The van der Waals surface area contributed by atoms with E-state index in [0.29, 0.717) is 5.69 Å². The molecule has 0 aliphatic carbocycles. The third kappa shape index (κ3) is 2.38. The van der Waals surface area contributed by atoms with Crippen molar-refractivity contribution in [1.29, 1.82) is 0 Å². The number of aromatic amines is 1. The third-order valence-corrected chi connectivity index (χ3v) is 2.04. The summed E-state index contributed by atoms with van der Waals surface area (Å²) in [4.78, 5) is 11.6. The van der Waals surface area contributed by atoms with Crippen molar-refractivity contribution >= 4 is 11.6 Å². The summed E-state index contributed by atoms with van der Waals surface area (Å²) >= 11 is 0. The topological polar surface area (TPSA) is 69.8 Å². The Kier molecular flexibility index (Phi) is 2.86. The first-order valence-electron chi connectivity index (χ1n) is 4.89. The van der Waals surface area contributed by atoms with E-state index in [1.165, 1.54) is 0 Å². The molecule has 3 N–H and O–H groups in total. The molecule has 0 radical (unpaired) electrons. The number of hydrazine groups is 1. The Morgan fingerprint density at radius 3 is 2.69 bits per heavy atom. The van der Waals surface area contributed by atoms with Gasteiger partial charge in [0.15, 0.2) is 0 Å². The molecule has 0 atom stereocenters. The number of amides is 1. The summed E-state index contributed by atoms with van der Waals surface area (Å²) in [6.45, 7) is 1.82. The Bertz CT molecular complexity index is 478. The molecule has 0 aliphatic rings. The van der Waals surface area contributed by atoms with Crippen molar-refractivity contribution < 1.29 is 4.79 Å². The molecule has 5 nitrogen and oxygen atoms in total. The number of hydrogen-bond acceptors (Lipinski definition) is 3. The van der Waals surface area contributed by atoms with Gasteiger partial charge in [0.1, 0.15) is 5.69 Å². The predicted molar refractivity (Wildman–Crippen MR) is 60.9 cm³/mol. The van der Waals surface area contributed by atoms with Gasteiger partial charge < -0.3 is 0 Å². The maximum atomic E-state index is 11.6. The number of aryl methyl sites for hydroxylation is 1. The quantitative estimate of drug-likeness (QED) is 0.680. The van der Waals surface area contributed by atoms with Crippen molar-refractivity contribution in [2.75, 3.05) is 5.43 Å². The summed E-state index contributed by atoms with van der Waals surface area (Å²) in [5, 5.41) is 6.52. The van der Waals surface area contributed by atoms with E-state index in [1.807, 2.05) is 37.3 Å². The van der Waals surface area contributed by atoms with E-state index >= 15 is 0 Å². The Hall–Kier alpha value is -2.30. The predicted octanol–water partition coefficient (Wildman–Crippen LogP) is 1.48. The fourth-order valence-corrected chi connectivity index (χ4v) is 1.26. The molecular weight excluding hydrogens is 204 g/mol. The highest BCUT2D eigenvalue weighted by Crippen LogP contribution is 2.03. The summed E-state index contributed by atoms with van der Waals surface area (Å²) in [5.74, 6) is -0.246. The van der Waals surface area contributed by atoms with Crippen molar-refractivity contribution in [2.45, 2.75) is 6.92 Å². The lowest BCUT2D eigenvalue weighted by Crippen LogP contribution is -2.29. The zero-order valence-electron chi connectivity index (χ0n) is 8.82. The van der Waals surface area contributed by atoms with E-state index in [4.69, 9.17) is 0 Å². The zero-order chi connectivity index (χ0) is 11.4. The van der Waals surface area contributed by atoms with Crippen LogP contribution in [0.25, 0.3) is 0 Å². The number of carbonyl (C=O) groups excluding carboxylic acids is 1. The lowest BCUT2D eigenvalue weighted by Gasteiger charge is -2.06. The molecule has 0 aliphatic heterocycles.